The van der Waals surface area contributed by atoms with E-state index < -0.39 is 0 Å². The number of nitrogens with one attached hydrogen (secondary N) is 3. The third-order valence-corrected chi connectivity index (χ3v) is 6.39. The lowest BCUT2D eigenvalue weighted by Gasteiger charge is -2.31. The number of pyridine rings is 1. The molecule has 0 bridgehead atoms. The van der Waals surface area contributed by atoms with Gasteiger partial charge in [-0.1, -0.05) is 24.3 Å². The van der Waals surface area contributed by atoms with E-state index >= 15 is 0 Å². The molecule has 6 nitrogen and oxygen atoms in total. The van der Waals surface area contributed by atoms with Crippen molar-refractivity contribution in [2.75, 3.05) is 38.0 Å². The zero-order valence-electron chi connectivity index (χ0n) is 17.1. The van der Waals surface area contributed by atoms with Crippen LogP contribution in [0.5, 0.6) is 0 Å². The lowest BCUT2D eigenvalue weighted by molar-refractivity contribution is 0.176. The molecule has 1 aromatic carbocycles. The van der Waals surface area contributed by atoms with E-state index in [0.717, 1.165) is 55.7 Å². The van der Waals surface area contributed by atoms with Gasteiger partial charge in [0.05, 0.1) is 5.52 Å². The summed E-state index contributed by atoms with van der Waals surface area (Å²) in [5.74, 6) is 1.39. The van der Waals surface area contributed by atoms with Crippen molar-refractivity contribution in [3.63, 3.8) is 0 Å². The van der Waals surface area contributed by atoms with Crippen LogP contribution in [0.25, 0.3) is 10.9 Å². The third-order valence-electron chi connectivity index (χ3n) is 5.53. The molecule has 0 radical (unpaired) electrons. The Balaban J connectivity index is 1.09. The van der Waals surface area contributed by atoms with Crippen molar-refractivity contribution < 1.29 is 4.79 Å². The van der Waals surface area contributed by atoms with E-state index in [-0.39, 0.29) is 6.03 Å². The number of carbonyl (C=O) groups excluding carboxylic acids is 1. The fraction of sp³-hybridized carbons (Fsp3) is 0.391. The van der Waals surface area contributed by atoms with Crippen LogP contribution in [0.15, 0.2) is 53.9 Å². The fourth-order valence-electron chi connectivity index (χ4n) is 3.80. The smallest absolute Gasteiger partial charge is 0.314 e. The summed E-state index contributed by atoms with van der Waals surface area (Å²) < 4.78 is 0. The van der Waals surface area contributed by atoms with Gasteiger partial charge in [-0.15, -0.1) is 11.3 Å². The van der Waals surface area contributed by atoms with Crippen molar-refractivity contribution in [3.05, 3.63) is 58.8 Å². The summed E-state index contributed by atoms with van der Waals surface area (Å²) in [5.41, 5.74) is 0.967. The molecule has 0 unspecified atom stereocenters. The van der Waals surface area contributed by atoms with Crippen LogP contribution in [0.4, 0.5) is 10.6 Å². The van der Waals surface area contributed by atoms with E-state index in [1.807, 2.05) is 41.7 Å². The SMILES string of the molecule is O=C(NCCNc1ccc2ccccc2n1)NCC1CCN(Cc2cccs2)CC1. The van der Waals surface area contributed by atoms with Crippen LogP contribution in [0.2, 0.25) is 0 Å². The number of rotatable bonds is 8. The summed E-state index contributed by atoms with van der Waals surface area (Å²) in [6.45, 7) is 5.21. The normalized spacial score (nSPS) is 15.2. The Bertz CT molecular complexity index is 938. The monoisotopic (exact) mass is 423 g/mol. The van der Waals surface area contributed by atoms with E-state index in [4.69, 9.17) is 0 Å². The minimum atomic E-state index is -0.0933. The highest BCUT2D eigenvalue weighted by Crippen LogP contribution is 2.20. The maximum atomic E-state index is 12.1. The average Bonchev–Trinajstić information content (AvgIpc) is 3.29. The minimum Gasteiger partial charge on any atom is -0.368 e. The average molecular weight is 424 g/mol. The lowest BCUT2D eigenvalue weighted by atomic mass is 9.97. The fourth-order valence-corrected chi connectivity index (χ4v) is 4.55. The van der Waals surface area contributed by atoms with Crippen molar-refractivity contribution in [1.29, 1.82) is 0 Å². The first-order valence-electron chi connectivity index (χ1n) is 10.6. The number of anilines is 1. The van der Waals surface area contributed by atoms with E-state index in [2.05, 4.69) is 49.4 Å². The summed E-state index contributed by atoms with van der Waals surface area (Å²) in [6.07, 6.45) is 2.28. The first kappa shape index (κ1) is 20.6. The second-order valence-electron chi connectivity index (χ2n) is 7.75. The number of thiophene rings is 1. The molecular formula is C23H29N5OS. The largest absolute Gasteiger partial charge is 0.368 e. The summed E-state index contributed by atoms with van der Waals surface area (Å²) in [4.78, 5) is 20.6. The van der Waals surface area contributed by atoms with Crippen molar-refractivity contribution >= 4 is 34.1 Å². The molecular weight excluding hydrogens is 394 g/mol. The number of nitrogens with zero attached hydrogens (tertiary/aromatic N) is 2. The van der Waals surface area contributed by atoms with Gasteiger partial charge in [-0.2, -0.15) is 0 Å². The molecule has 1 fully saturated rings. The van der Waals surface area contributed by atoms with Crippen LogP contribution in [0.3, 0.4) is 0 Å². The molecule has 3 heterocycles. The molecule has 3 aromatic rings. The molecule has 1 aliphatic heterocycles. The third kappa shape index (κ3) is 5.93. The van der Waals surface area contributed by atoms with Crippen molar-refractivity contribution in [3.8, 4) is 0 Å². The Labute approximate surface area is 181 Å². The van der Waals surface area contributed by atoms with E-state index in [1.54, 1.807) is 0 Å². The first-order valence-corrected chi connectivity index (χ1v) is 11.5. The number of fused-ring (bicyclic) bond motifs is 1. The molecule has 3 N–H and O–H groups in total. The number of piperidine rings is 1. The lowest BCUT2D eigenvalue weighted by Crippen LogP contribution is -2.42. The highest BCUT2D eigenvalue weighted by Gasteiger charge is 2.19. The second kappa shape index (κ2) is 10.4. The highest BCUT2D eigenvalue weighted by atomic mass is 32.1. The summed E-state index contributed by atoms with van der Waals surface area (Å²) in [5, 5.41) is 12.5. The van der Waals surface area contributed by atoms with Gasteiger partial charge in [0.1, 0.15) is 5.82 Å². The zero-order valence-corrected chi connectivity index (χ0v) is 18.0. The number of hydrogen-bond acceptors (Lipinski definition) is 5. The highest BCUT2D eigenvalue weighted by molar-refractivity contribution is 7.09. The standard InChI is InChI=1S/C23H29N5OS/c29-23(25-12-11-24-22-8-7-19-4-1-2-6-21(19)27-22)26-16-18-9-13-28(14-10-18)17-20-5-3-15-30-20/h1-8,15,18H,9-14,16-17H2,(H,24,27)(H2,25,26,29). The zero-order chi connectivity index (χ0) is 20.6. The van der Waals surface area contributed by atoms with Crippen molar-refractivity contribution in [2.24, 2.45) is 5.92 Å². The van der Waals surface area contributed by atoms with Crippen LogP contribution in [0.1, 0.15) is 17.7 Å². The molecule has 2 amide bonds. The Morgan fingerprint density at radius 2 is 1.90 bits per heavy atom. The molecule has 158 valence electrons. The number of carbonyl (C=O) groups is 1. The number of benzene rings is 1. The molecule has 0 spiro atoms. The molecule has 0 saturated carbocycles. The van der Waals surface area contributed by atoms with E-state index in [0.29, 0.717) is 19.0 Å². The van der Waals surface area contributed by atoms with Gasteiger partial charge in [-0.25, -0.2) is 9.78 Å². The Hall–Kier alpha value is -2.64. The molecule has 2 aromatic heterocycles. The maximum absolute atomic E-state index is 12.1. The Kier molecular flexibility index (Phi) is 7.16. The molecule has 4 rings (SSSR count). The van der Waals surface area contributed by atoms with Crippen LogP contribution in [-0.4, -0.2) is 48.6 Å². The van der Waals surface area contributed by atoms with E-state index in [9.17, 15) is 4.79 Å². The van der Waals surface area contributed by atoms with Crippen LogP contribution >= 0.6 is 11.3 Å². The molecule has 30 heavy (non-hydrogen) atoms. The maximum Gasteiger partial charge on any atom is 0.314 e. The molecule has 0 aliphatic carbocycles. The predicted molar refractivity (Wildman–Crippen MR) is 124 cm³/mol. The van der Waals surface area contributed by atoms with Crippen LogP contribution < -0.4 is 16.0 Å². The minimum absolute atomic E-state index is 0.0933. The number of urea groups is 1. The molecule has 1 saturated heterocycles. The predicted octanol–water partition coefficient (Wildman–Crippen LogP) is 3.92. The van der Waals surface area contributed by atoms with Gasteiger partial charge in [0.15, 0.2) is 0 Å². The first-order chi connectivity index (χ1) is 14.8. The number of likely N-dealkylation sites (tertiary alicyclic amines) is 1. The van der Waals surface area contributed by atoms with Gasteiger partial charge in [-0.3, -0.25) is 4.90 Å². The summed E-state index contributed by atoms with van der Waals surface area (Å²) >= 11 is 1.82. The topological polar surface area (TPSA) is 69.3 Å². The molecule has 1 aliphatic rings. The van der Waals surface area contributed by atoms with Gasteiger partial charge in [0.25, 0.3) is 0 Å². The van der Waals surface area contributed by atoms with Crippen LogP contribution in [0, 0.1) is 5.92 Å². The number of amides is 2. The van der Waals surface area contributed by atoms with E-state index in [1.165, 1.54) is 4.88 Å². The Morgan fingerprint density at radius 1 is 1.03 bits per heavy atom. The van der Waals surface area contributed by atoms with Gasteiger partial charge < -0.3 is 16.0 Å². The van der Waals surface area contributed by atoms with Crippen molar-refractivity contribution in [1.82, 2.24) is 20.5 Å². The Morgan fingerprint density at radius 3 is 2.73 bits per heavy atom. The van der Waals surface area contributed by atoms with Gasteiger partial charge in [0, 0.05) is 36.4 Å². The van der Waals surface area contributed by atoms with Crippen LogP contribution in [-0.2, 0) is 6.54 Å². The van der Waals surface area contributed by atoms with Crippen molar-refractivity contribution in [2.45, 2.75) is 19.4 Å². The number of aromatic nitrogens is 1. The quantitative estimate of drug-likeness (QED) is 0.481. The summed E-state index contributed by atoms with van der Waals surface area (Å²) in [6, 6.07) is 16.3. The van der Waals surface area contributed by atoms with Gasteiger partial charge in [-0.05, 0) is 61.5 Å². The second-order valence-corrected chi connectivity index (χ2v) is 8.78. The molecule has 7 heteroatoms. The summed E-state index contributed by atoms with van der Waals surface area (Å²) in [7, 11) is 0. The number of para-hydroxylation sites is 1. The number of hydrogen-bond donors (Lipinski definition) is 3. The van der Waals surface area contributed by atoms with Gasteiger partial charge >= 0.3 is 6.03 Å². The molecule has 0 atom stereocenters. The van der Waals surface area contributed by atoms with Gasteiger partial charge in [0.2, 0.25) is 0 Å².